The van der Waals surface area contributed by atoms with Crippen LogP contribution in [0.3, 0.4) is 0 Å². The molecular weight excluding hydrogens is 383 g/mol. The number of alkyl halides is 3. The number of nitrogens with zero attached hydrogens (tertiary/aromatic N) is 5. The summed E-state index contributed by atoms with van der Waals surface area (Å²) in [6, 6.07) is 3.82. The minimum Gasteiger partial charge on any atom is -0.373 e. The van der Waals surface area contributed by atoms with E-state index in [-0.39, 0.29) is 23.5 Å². The van der Waals surface area contributed by atoms with Gasteiger partial charge in [-0.05, 0) is 32.0 Å². The highest BCUT2D eigenvalue weighted by molar-refractivity contribution is 5.79. The minimum atomic E-state index is -4.51. The SMILES string of the molecule is C[C@H]1CN(Cc2n[c]c3ncc(-c4ncccc4C(F)(F)F)cc3n2)C[C@H](C)O1. The topological polar surface area (TPSA) is 64.0 Å². The van der Waals surface area contributed by atoms with Crippen molar-refractivity contribution < 1.29 is 17.9 Å². The van der Waals surface area contributed by atoms with E-state index in [1.165, 1.54) is 18.5 Å². The number of fused-ring (bicyclic) bond motifs is 1. The normalized spacial score (nSPS) is 20.9. The highest BCUT2D eigenvalue weighted by Gasteiger charge is 2.34. The van der Waals surface area contributed by atoms with Crippen molar-refractivity contribution in [2.75, 3.05) is 13.1 Å². The Balaban J connectivity index is 1.66. The van der Waals surface area contributed by atoms with Gasteiger partial charge in [-0.2, -0.15) is 13.2 Å². The molecule has 29 heavy (non-hydrogen) atoms. The summed E-state index contributed by atoms with van der Waals surface area (Å²) >= 11 is 0. The first-order valence-electron chi connectivity index (χ1n) is 9.24. The summed E-state index contributed by atoms with van der Waals surface area (Å²) in [5, 5.41) is 0. The van der Waals surface area contributed by atoms with E-state index in [0.717, 1.165) is 19.2 Å². The predicted octanol–water partition coefficient (Wildman–Crippen LogP) is 3.51. The molecule has 0 amide bonds. The zero-order valence-corrected chi connectivity index (χ0v) is 15.9. The van der Waals surface area contributed by atoms with E-state index < -0.39 is 11.7 Å². The van der Waals surface area contributed by atoms with Crippen molar-refractivity contribution in [2.45, 2.75) is 38.8 Å². The first-order chi connectivity index (χ1) is 13.8. The molecule has 151 valence electrons. The van der Waals surface area contributed by atoms with Gasteiger partial charge in [-0.1, -0.05) is 0 Å². The molecule has 6 nitrogen and oxygen atoms in total. The number of aromatic nitrogens is 4. The van der Waals surface area contributed by atoms with Gasteiger partial charge in [-0.3, -0.25) is 14.9 Å². The molecule has 0 aromatic carbocycles. The van der Waals surface area contributed by atoms with Gasteiger partial charge in [-0.15, -0.1) is 0 Å². The zero-order valence-electron chi connectivity index (χ0n) is 15.9. The van der Waals surface area contributed by atoms with E-state index in [1.54, 1.807) is 6.07 Å². The van der Waals surface area contributed by atoms with Gasteiger partial charge >= 0.3 is 6.18 Å². The second kappa shape index (κ2) is 7.64. The summed E-state index contributed by atoms with van der Waals surface area (Å²) in [5.41, 5.74) is 0.0875. The van der Waals surface area contributed by atoms with Crippen LogP contribution in [0, 0.1) is 6.20 Å². The molecule has 4 heterocycles. The second-order valence-corrected chi connectivity index (χ2v) is 7.19. The number of hydrogen-bond donors (Lipinski definition) is 0. The van der Waals surface area contributed by atoms with Gasteiger partial charge in [0, 0.05) is 31.0 Å². The Bertz CT molecular complexity index is 1020. The Morgan fingerprint density at radius 1 is 1.21 bits per heavy atom. The quantitative estimate of drug-likeness (QED) is 0.668. The molecule has 9 heteroatoms. The molecule has 3 aromatic rings. The van der Waals surface area contributed by atoms with Gasteiger partial charge in [0.1, 0.15) is 17.5 Å². The fourth-order valence-electron chi connectivity index (χ4n) is 3.58. The molecule has 0 aliphatic carbocycles. The number of hydrogen-bond acceptors (Lipinski definition) is 6. The van der Waals surface area contributed by atoms with Crippen LogP contribution >= 0.6 is 0 Å². The Morgan fingerprint density at radius 3 is 2.69 bits per heavy atom. The predicted molar refractivity (Wildman–Crippen MR) is 99.7 cm³/mol. The summed E-state index contributed by atoms with van der Waals surface area (Å²) in [5.74, 6) is 0.537. The summed E-state index contributed by atoms with van der Waals surface area (Å²) < 4.78 is 45.7. The molecule has 1 aliphatic heterocycles. The number of halogens is 3. The van der Waals surface area contributed by atoms with E-state index >= 15 is 0 Å². The summed E-state index contributed by atoms with van der Waals surface area (Å²) in [4.78, 5) is 19.0. The van der Waals surface area contributed by atoms with Crippen molar-refractivity contribution in [3.8, 4) is 11.3 Å². The Labute approximate surface area is 165 Å². The van der Waals surface area contributed by atoms with Crippen LogP contribution in [0.2, 0.25) is 0 Å². The lowest BCUT2D eigenvalue weighted by atomic mass is 10.1. The molecular formula is C20H19F3N5O. The van der Waals surface area contributed by atoms with Crippen molar-refractivity contribution in [3.05, 3.63) is 48.2 Å². The molecule has 2 atom stereocenters. The van der Waals surface area contributed by atoms with Crippen LogP contribution < -0.4 is 0 Å². The van der Waals surface area contributed by atoms with Crippen LogP contribution in [0.25, 0.3) is 22.3 Å². The van der Waals surface area contributed by atoms with Crippen LogP contribution in [-0.4, -0.2) is 50.1 Å². The average molecular weight is 402 g/mol. The van der Waals surface area contributed by atoms with E-state index in [0.29, 0.717) is 23.4 Å². The van der Waals surface area contributed by atoms with Crippen LogP contribution in [0.1, 0.15) is 25.2 Å². The number of rotatable bonds is 3. The lowest BCUT2D eigenvalue weighted by molar-refractivity contribution is -0.137. The Morgan fingerprint density at radius 2 is 1.97 bits per heavy atom. The first-order valence-corrected chi connectivity index (χ1v) is 9.24. The van der Waals surface area contributed by atoms with Crippen molar-refractivity contribution in [3.63, 3.8) is 0 Å². The molecule has 0 spiro atoms. The molecule has 0 N–H and O–H groups in total. The molecule has 3 aromatic heterocycles. The fraction of sp³-hybridized carbons (Fsp3) is 0.400. The van der Waals surface area contributed by atoms with E-state index in [4.69, 9.17) is 4.74 Å². The largest absolute Gasteiger partial charge is 0.418 e. The maximum Gasteiger partial charge on any atom is 0.418 e. The highest BCUT2D eigenvalue weighted by atomic mass is 19.4. The van der Waals surface area contributed by atoms with Gasteiger partial charge in [0.25, 0.3) is 0 Å². The highest BCUT2D eigenvalue weighted by Crippen LogP contribution is 2.35. The van der Waals surface area contributed by atoms with Crippen LogP contribution in [0.4, 0.5) is 13.2 Å². The van der Waals surface area contributed by atoms with E-state index in [2.05, 4.69) is 31.0 Å². The molecule has 1 saturated heterocycles. The lowest BCUT2D eigenvalue weighted by Crippen LogP contribution is -2.45. The van der Waals surface area contributed by atoms with Gasteiger partial charge in [-0.25, -0.2) is 9.97 Å². The summed E-state index contributed by atoms with van der Waals surface area (Å²) in [6.45, 7) is 6.04. The van der Waals surface area contributed by atoms with Crippen LogP contribution in [-0.2, 0) is 17.5 Å². The molecule has 0 saturated carbocycles. The summed E-state index contributed by atoms with van der Waals surface area (Å²) in [6.07, 6.45) is 1.21. The number of morpholine rings is 1. The fourth-order valence-corrected chi connectivity index (χ4v) is 3.58. The third-order valence-corrected chi connectivity index (χ3v) is 4.65. The third-order valence-electron chi connectivity index (χ3n) is 4.65. The second-order valence-electron chi connectivity index (χ2n) is 7.19. The van der Waals surface area contributed by atoms with Crippen molar-refractivity contribution in [2.24, 2.45) is 0 Å². The van der Waals surface area contributed by atoms with Crippen molar-refractivity contribution >= 4 is 11.0 Å². The number of pyridine rings is 2. The standard InChI is InChI=1S/C20H19F3N5O/c1-12-9-28(10-13(2)29-12)11-18-26-8-17-16(27-18)6-14(7-25-17)19-15(20(21,22)23)4-3-5-24-19/h3-7,12-13H,9-11H2,1-2H3/t12-,13-/m0/s1. The van der Waals surface area contributed by atoms with E-state index in [9.17, 15) is 13.2 Å². The Kier molecular flexibility index (Phi) is 5.18. The molecule has 1 radical (unpaired) electrons. The number of ether oxygens (including phenoxy) is 1. The monoisotopic (exact) mass is 402 g/mol. The maximum absolute atomic E-state index is 13.3. The van der Waals surface area contributed by atoms with Crippen molar-refractivity contribution in [1.82, 2.24) is 24.8 Å². The van der Waals surface area contributed by atoms with Gasteiger partial charge in [0.2, 0.25) is 0 Å². The lowest BCUT2D eigenvalue weighted by Gasteiger charge is -2.34. The van der Waals surface area contributed by atoms with Gasteiger partial charge in [0.15, 0.2) is 0 Å². The molecule has 4 rings (SSSR count). The minimum absolute atomic E-state index is 0.112. The zero-order chi connectivity index (χ0) is 20.6. The van der Waals surface area contributed by atoms with Crippen LogP contribution in [0.15, 0.2) is 30.6 Å². The molecule has 1 fully saturated rings. The van der Waals surface area contributed by atoms with Crippen molar-refractivity contribution in [1.29, 1.82) is 0 Å². The third kappa shape index (κ3) is 4.35. The van der Waals surface area contributed by atoms with E-state index in [1.807, 2.05) is 13.8 Å². The maximum atomic E-state index is 13.3. The van der Waals surface area contributed by atoms with Gasteiger partial charge < -0.3 is 4.74 Å². The van der Waals surface area contributed by atoms with Gasteiger partial charge in [0.05, 0.1) is 35.5 Å². The molecule has 1 aliphatic rings. The average Bonchev–Trinajstić information content (AvgIpc) is 2.66. The summed E-state index contributed by atoms with van der Waals surface area (Å²) in [7, 11) is 0. The molecule has 0 unspecified atom stereocenters. The van der Waals surface area contributed by atoms with Crippen LogP contribution in [0.5, 0.6) is 0 Å². The first kappa shape index (κ1) is 19.7. The Hall–Kier alpha value is -2.65. The smallest absolute Gasteiger partial charge is 0.373 e. The molecule has 0 bridgehead atoms.